The molecule has 3 nitrogen and oxygen atoms in total. The summed E-state index contributed by atoms with van der Waals surface area (Å²) in [7, 11) is 0. The molecule has 0 aliphatic carbocycles. The average molecular weight is 221 g/mol. The van der Waals surface area contributed by atoms with Crippen LogP contribution < -0.4 is 0 Å². The highest BCUT2D eigenvalue weighted by Gasteiger charge is 2.38. The van der Waals surface area contributed by atoms with Crippen molar-refractivity contribution < 1.29 is 9.59 Å². The van der Waals surface area contributed by atoms with Crippen LogP contribution in [-0.2, 0) is 9.59 Å². The molecule has 88 valence electrons. The first kappa shape index (κ1) is 13.0. The van der Waals surface area contributed by atoms with Crippen LogP contribution in [0.15, 0.2) is 12.2 Å². The fraction of sp³-hybridized carbons (Fsp3) is 0.667. The smallest absolute Gasteiger partial charge is 0.254 e. The molecule has 0 fully saturated rings. The van der Waals surface area contributed by atoms with E-state index in [2.05, 4.69) is 20.6 Å². The fourth-order valence-corrected chi connectivity index (χ4v) is 2.11. The second-order valence-electron chi connectivity index (χ2n) is 5.58. The Morgan fingerprint density at radius 3 is 2.06 bits per heavy atom. The van der Waals surface area contributed by atoms with Gasteiger partial charge in [0.1, 0.15) is 6.71 Å². The molecule has 0 saturated heterocycles. The lowest BCUT2D eigenvalue weighted by Crippen LogP contribution is -2.48. The van der Waals surface area contributed by atoms with Gasteiger partial charge in [-0.15, -0.1) is 0 Å². The van der Waals surface area contributed by atoms with Crippen molar-refractivity contribution in [2.24, 2.45) is 0 Å². The Balaban J connectivity index is 2.78. The van der Waals surface area contributed by atoms with Gasteiger partial charge in [0.15, 0.2) is 0 Å². The van der Waals surface area contributed by atoms with Gasteiger partial charge in [0, 0.05) is 17.7 Å². The molecular formula is C12H20BNO2. The molecule has 0 radical (unpaired) electrons. The van der Waals surface area contributed by atoms with Gasteiger partial charge in [0.2, 0.25) is 0 Å². The van der Waals surface area contributed by atoms with E-state index < -0.39 is 5.54 Å². The standard InChI is InChI=1S/C12H20BNO2/c1-9(13(4)5)8-12(2,3)14-10(15)6-7-11(14)16/h6-7,9H,8H2,1-5H3. The Morgan fingerprint density at radius 1 is 1.25 bits per heavy atom. The van der Waals surface area contributed by atoms with Crippen molar-refractivity contribution in [3.63, 3.8) is 0 Å². The van der Waals surface area contributed by atoms with E-state index in [4.69, 9.17) is 0 Å². The first-order chi connectivity index (χ1) is 7.25. The summed E-state index contributed by atoms with van der Waals surface area (Å²) in [4.78, 5) is 24.6. The molecule has 1 aliphatic rings. The van der Waals surface area contributed by atoms with E-state index in [0.717, 1.165) is 6.42 Å². The van der Waals surface area contributed by atoms with E-state index in [1.54, 1.807) is 0 Å². The third-order valence-corrected chi connectivity index (χ3v) is 3.37. The van der Waals surface area contributed by atoms with E-state index in [1.165, 1.54) is 17.1 Å². The van der Waals surface area contributed by atoms with Crippen LogP contribution in [0.3, 0.4) is 0 Å². The lowest BCUT2D eigenvalue weighted by atomic mass is 9.44. The lowest BCUT2D eigenvalue weighted by molar-refractivity contribution is -0.143. The molecule has 0 aromatic rings. The van der Waals surface area contributed by atoms with Crippen molar-refractivity contribution in [3.8, 4) is 0 Å². The van der Waals surface area contributed by atoms with Crippen LogP contribution in [0.4, 0.5) is 0 Å². The number of hydrogen-bond donors (Lipinski definition) is 0. The normalized spacial score (nSPS) is 18.2. The first-order valence-corrected chi connectivity index (χ1v) is 5.82. The minimum atomic E-state index is -0.401. The molecule has 1 heterocycles. The summed E-state index contributed by atoms with van der Waals surface area (Å²) in [6, 6.07) is 0. The van der Waals surface area contributed by atoms with Crippen molar-refractivity contribution in [1.29, 1.82) is 0 Å². The number of nitrogens with zero attached hydrogens (tertiary/aromatic N) is 1. The molecule has 0 aromatic heterocycles. The summed E-state index contributed by atoms with van der Waals surface area (Å²) in [5, 5.41) is 0. The number of imide groups is 1. The average Bonchev–Trinajstić information content (AvgIpc) is 2.45. The Hall–Kier alpha value is -1.06. The fourth-order valence-electron chi connectivity index (χ4n) is 2.11. The number of carbonyl (C=O) groups excluding carboxylic acids is 2. The maximum absolute atomic E-state index is 11.6. The SMILES string of the molecule is CB(C)C(C)CC(C)(C)N1C(=O)C=CC1=O. The monoisotopic (exact) mass is 221 g/mol. The highest BCUT2D eigenvalue weighted by molar-refractivity contribution is 6.57. The zero-order valence-corrected chi connectivity index (χ0v) is 10.8. The van der Waals surface area contributed by atoms with Crippen LogP contribution in [0, 0.1) is 0 Å². The topological polar surface area (TPSA) is 37.4 Å². The molecule has 1 atom stereocenters. The molecule has 0 saturated carbocycles. The number of rotatable bonds is 4. The Labute approximate surface area is 98.0 Å². The van der Waals surface area contributed by atoms with Gasteiger partial charge in [-0.05, 0) is 20.3 Å². The second kappa shape index (κ2) is 4.44. The van der Waals surface area contributed by atoms with Gasteiger partial charge in [-0.2, -0.15) is 0 Å². The van der Waals surface area contributed by atoms with Crippen LogP contribution in [0.5, 0.6) is 0 Å². The summed E-state index contributed by atoms with van der Waals surface area (Å²) in [6.45, 7) is 10.9. The Bertz CT molecular complexity index is 316. The van der Waals surface area contributed by atoms with Gasteiger partial charge in [-0.25, -0.2) is 0 Å². The molecule has 0 spiro atoms. The maximum atomic E-state index is 11.6. The van der Waals surface area contributed by atoms with Gasteiger partial charge in [0.05, 0.1) is 0 Å². The third kappa shape index (κ3) is 2.54. The summed E-state index contributed by atoms with van der Waals surface area (Å²) in [5.41, 5.74) is -0.401. The summed E-state index contributed by atoms with van der Waals surface area (Å²) in [5.74, 6) is 0.105. The zero-order valence-electron chi connectivity index (χ0n) is 10.8. The molecule has 1 unspecified atom stereocenters. The van der Waals surface area contributed by atoms with Gasteiger partial charge < -0.3 is 0 Å². The summed E-state index contributed by atoms with van der Waals surface area (Å²) in [6.07, 6.45) is 3.54. The Morgan fingerprint density at radius 2 is 1.69 bits per heavy atom. The van der Waals surface area contributed by atoms with Gasteiger partial charge >= 0.3 is 0 Å². The molecule has 16 heavy (non-hydrogen) atoms. The maximum Gasteiger partial charge on any atom is 0.254 e. The zero-order chi connectivity index (χ0) is 12.5. The minimum absolute atomic E-state index is 0.189. The van der Waals surface area contributed by atoms with Crippen molar-refractivity contribution in [2.75, 3.05) is 0 Å². The molecule has 4 heteroatoms. The highest BCUT2D eigenvalue weighted by Crippen LogP contribution is 2.30. The molecule has 0 bridgehead atoms. The largest absolute Gasteiger partial charge is 0.270 e. The van der Waals surface area contributed by atoms with Gasteiger partial charge in [-0.1, -0.05) is 26.4 Å². The third-order valence-electron chi connectivity index (χ3n) is 3.37. The molecule has 0 aromatic carbocycles. The molecular weight excluding hydrogens is 201 g/mol. The summed E-state index contributed by atoms with van der Waals surface area (Å²) < 4.78 is 0. The number of hydrogen-bond acceptors (Lipinski definition) is 2. The van der Waals surface area contributed by atoms with Crippen LogP contribution in [0.1, 0.15) is 27.2 Å². The predicted octanol–water partition coefficient (Wildman–Crippen LogP) is 2.22. The van der Waals surface area contributed by atoms with Gasteiger partial charge in [-0.3, -0.25) is 14.5 Å². The Kier molecular flexibility index (Phi) is 3.61. The minimum Gasteiger partial charge on any atom is -0.270 e. The van der Waals surface area contributed by atoms with Crippen molar-refractivity contribution >= 4 is 18.5 Å². The quantitative estimate of drug-likeness (QED) is 0.539. The van der Waals surface area contributed by atoms with Crippen molar-refractivity contribution in [2.45, 2.75) is 52.2 Å². The van der Waals surface area contributed by atoms with Crippen LogP contribution in [0.25, 0.3) is 0 Å². The molecule has 1 rings (SSSR count). The van der Waals surface area contributed by atoms with E-state index in [-0.39, 0.29) is 11.8 Å². The lowest BCUT2D eigenvalue weighted by Gasteiger charge is -2.36. The predicted molar refractivity (Wildman–Crippen MR) is 66.6 cm³/mol. The van der Waals surface area contributed by atoms with E-state index in [1.807, 2.05) is 13.8 Å². The number of amides is 2. The van der Waals surface area contributed by atoms with E-state index >= 15 is 0 Å². The molecule has 0 N–H and O–H groups in total. The summed E-state index contributed by atoms with van der Waals surface area (Å²) >= 11 is 0. The van der Waals surface area contributed by atoms with E-state index in [9.17, 15) is 9.59 Å². The van der Waals surface area contributed by atoms with E-state index in [0.29, 0.717) is 12.5 Å². The van der Waals surface area contributed by atoms with Crippen molar-refractivity contribution in [3.05, 3.63) is 12.2 Å². The van der Waals surface area contributed by atoms with Crippen molar-refractivity contribution in [1.82, 2.24) is 4.90 Å². The van der Waals surface area contributed by atoms with Crippen LogP contribution in [0.2, 0.25) is 19.5 Å². The highest BCUT2D eigenvalue weighted by atomic mass is 16.2. The second-order valence-corrected chi connectivity index (χ2v) is 5.58. The van der Waals surface area contributed by atoms with Crippen LogP contribution in [-0.4, -0.2) is 29.0 Å². The molecule has 1 aliphatic heterocycles. The number of carbonyl (C=O) groups is 2. The van der Waals surface area contributed by atoms with Crippen LogP contribution >= 0.6 is 0 Å². The van der Waals surface area contributed by atoms with Gasteiger partial charge in [0.25, 0.3) is 11.8 Å². The molecule has 2 amide bonds. The first-order valence-electron chi connectivity index (χ1n) is 5.82.